The van der Waals surface area contributed by atoms with Gasteiger partial charge in [-0.1, -0.05) is 23.7 Å². The molecule has 2 bridgehead atoms. The highest BCUT2D eigenvalue weighted by atomic mass is 35.5. The van der Waals surface area contributed by atoms with Crippen molar-refractivity contribution in [2.45, 2.75) is 25.4 Å². The average molecular weight is 317 g/mol. The van der Waals surface area contributed by atoms with E-state index in [9.17, 15) is 0 Å². The summed E-state index contributed by atoms with van der Waals surface area (Å²) in [7, 11) is 0. The maximum Gasteiger partial charge on any atom is 0.135 e. The summed E-state index contributed by atoms with van der Waals surface area (Å²) < 4.78 is 5.96. The number of hydrogen-bond donors (Lipinski definition) is 1. The minimum absolute atomic E-state index is 0.608. The van der Waals surface area contributed by atoms with Gasteiger partial charge in [-0.05, 0) is 56.1 Å². The number of nitrogens with zero attached hydrogens (tertiary/aromatic N) is 1. The van der Waals surface area contributed by atoms with E-state index in [0.29, 0.717) is 6.04 Å². The van der Waals surface area contributed by atoms with Gasteiger partial charge in [-0.15, -0.1) is 0 Å². The van der Waals surface area contributed by atoms with Crippen LogP contribution in [0.4, 0.5) is 0 Å². The van der Waals surface area contributed by atoms with Gasteiger partial charge in [0.25, 0.3) is 0 Å². The largest absolute Gasteiger partial charge is 0.460 e. The molecule has 3 aliphatic rings. The topological polar surface area (TPSA) is 28.4 Å². The Morgan fingerprint density at radius 3 is 2.68 bits per heavy atom. The van der Waals surface area contributed by atoms with Crippen molar-refractivity contribution in [1.82, 2.24) is 10.2 Å². The van der Waals surface area contributed by atoms with Crippen molar-refractivity contribution in [3.63, 3.8) is 0 Å². The Balaban J connectivity index is 1.41. The van der Waals surface area contributed by atoms with Crippen molar-refractivity contribution in [3.05, 3.63) is 47.2 Å². The van der Waals surface area contributed by atoms with Gasteiger partial charge >= 0.3 is 0 Å². The van der Waals surface area contributed by atoms with E-state index in [1.807, 2.05) is 36.4 Å². The predicted octanol–water partition coefficient (Wildman–Crippen LogP) is 3.78. The van der Waals surface area contributed by atoms with Crippen LogP contribution in [0.15, 0.2) is 40.8 Å². The van der Waals surface area contributed by atoms with Crippen LogP contribution in [0.1, 0.15) is 18.6 Å². The standard InChI is InChI=1S/C18H21ClN2O/c19-16-4-2-1-3-15(16)18-6-5-14(22-18)11-20-17-12-21-9-7-13(17)8-10-21/h1-6,13,17,20H,7-12H2. The van der Waals surface area contributed by atoms with Crippen LogP contribution >= 0.6 is 11.6 Å². The Labute approximate surface area is 136 Å². The first-order valence-electron chi connectivity index (χ1n) is 8.09. The van der Waals surface area contributed by atoms with E-state index < -0.39 is 0 Å². The molecule has 5 rings (SSSR count). The summed E-state index contributed by atoms with van der Waals surface area (Å²) in [6.45, 7) is 4.53. The third kappa shape index (κ3) is 2.81. The molecule has 0 spiro atoms. The first-order chi connectivity index (χ1) is 10.8. The molecular weight excluding hydrogens is 296 g/mol. The van der Waals surface area contributed by atoms with Crippen molar-refractivity contribution in [2.75, 3.05) is 19.6 Å². The number of benzene rings is 1. The fourth-order valence-corrected chi connectivity index (χ4v) is 3.94. The fraction of sp³-hybridized carbons (Fsp3) is 0.444. The summed E-state index contributed by atoms with van der Waals surface area (Å²) in [5.74, 6) is 2.66. The summed E-state index contributed by atoms with van der Waals surface area (Å²) in [5.41, 5.74) is 0.957. The predicted molar refractivity (Wildman–Crippen MR) is 88.9 cm³/mol. The maximum absolute atomic E-state index is 6.23. The van der Waals surface area contributed by atoms with Gasteiger partial charge in [0.05, 0.1) is 11.6 Å². The number of fused-ring (bicyclic) bond motifs is 3. The second kappa shape index (κ2) is 6.07. The molecule has 1 N–H and O–H groups in total. The first-order valence-corrected chi connectivity index (χ1v) is 8.47. The van der Waals surface area contributed by atoms with Crippen molar-refractivity contribution < 1.29 is 4.42 Å². The van der Waals surface area contributed by atoms with Crippen LogP contribution in [0.5, 0.6) is 0 Å². The van der Waals surface area contributed by atoms with Crippen LogP contribution in [-0.4, -0.2) is 30.6 Å². The second-order valence-corrected chi connectivity index (χ2v) is 6.78. The lowest BCUT2D eigenvalue weighted by Gasteiger charge is -2.45. The lowest BCUT2D eigenvalue weighted by Crippen LogP contribution is -2.55. The number of piperidine rings is 3. The molecule has 1 aromatic heterocycles. The van der Waals surface area contributed by atoms with Crippen LogP contribution in [0, 0.1) is 5.92 Å². The van der Waals surface area contributed by atoms with E-state index in [-0.39, 0.29) is 0 Å². The summed E-state index contributed by atoms with van der Waals surface area (Å²) in [5, 5.41) is 4.41. The molecule has 0 radical (unpaired) electrons. The van der Waals surface area contributed by atoms with E-state index in [4.69, 9.17) is 16.0 Å². The van der Waals surface area contributed by atoms with Crippen LogP contribution in [0.2, 0.25) is 5.02 Å². The molecule has 0 aliphatic carbocycles. The van der Waals surface area contributed by atoms with Gasteiger partial charge in [0.15, 0.2) is 0 Å². The summed E-state index contributed by atoms with van der Waals surface area (Å²) in [4.78, 5) is 2.56. The number of furan rings is 1. The van der Waals surface area contributed by atoms with Crippen LogP contribution < -0.4 is 5.32 Å². The van der Waals surface area contributed by atoms with Gasteiger partial charge in [-0.25, -0.2) is 0 Å². The van der Waals surface area contributed by atoms with Gasteiger partial charge in [0.2, 0.25) is 0 Å². The number of rotatable bonds is 4. The Kier molecular flexibility index (Phi) is 3.95. The molecule has 3 saturated heterocycles. The highest BCUT2D eigenvalue weighted by Gasteiger charge is 2.33. The SMILES string of the molecule is Clc1ccccc1-c1ccc(CNC2CN3CCC2CC3)o1. The summed E-state index contributed by atoms with van der Waals surface area (Å²) in [6, 6.07) is 12.5. The Bertz CT molecular complexity index is 646. The van der Waals surface area contributed by atoms with Crippen molar-refractivity contribution in [1.29, 1.82) is 0 Å². The minimum atomic E-state index is 0.608. The zero-order chi connectivity index (χ0) is 14.9. The van der Waals surface area contributed by atoms with Crippen molar-refractivity contribution >= 4 is 11.6 Å². The van der Waals surface area contributed by atoms with Crippen LogP contribution in [-0.2, 0) is 6.54 Å². The van der Waals surface area contributed by atoms with Crippen LogP contribution in [0.3, 0.4) is 0 Å². The molecule has 0 amide bonds. The molecule has 3 aliphatic heterocycles. The molecule has 1 aromatic carbocycles. The average Bonchev–Trinajstić information content (AvgIpc) is 3.03. The first kappa shape index (κ1) is 14.3. The molecule has 22 heavy (non-hydrogen) atoms. The van der Waals surface area contributed by atoms with Gasteiger partial charge < -0.3 is 14.6 Å². The fourth-order valence-electron chi connectivity index (χ4n) is 3.71. The highest BCUT2D eigenvalue weighted by molar-refractivity contribution is 6.33. The molecule has 1 atom stereocenters. The molecule has 3 fully saturated rings. The van der Waals surface area contributed by atoms with E-state index in [0.717, 1.165) is 34.6 Å². The van der Waals surface area contributed by atoms with Gasteiger partial charge in [0, 0.05) is 18.2 Å². The number of hydrogen-bond acceptors (Lipinski definition) is 3. The molecule has 4 heterocycles. The van der Waals surface area contributed by atoms with Crippen molar-refractivity contribution in [2.24, 2.45) is 5.92 Å². The monoisotopic (exact) mass is 316 g/mol. The number of halogens is 1. The van der Waals surface area contributed by atoms with E-state index in [1.54, 1.807) is 0 Å². The lowest BCUT2D eigenvalue weighted by molar-refractivity contribution is 0.0711. The quantitative estimate of drug-likeness (QED) is 0.930. The Morgan fingerprint density at radius 1 is 1.14 bits per heavy atom. The molecule has 3 nitrogen and oxygen atoms in total. The van der Waals surface area contributed by atoms with Crippen LogP contribution in [0.25, 0.3) is 11.3 Å². The minimum Gasteiger partial charge on any atom is -0.460 e. The zero-order valence-corrected chi connectivity index (χ0v) is 13.4. The number of nitrogens with one attached hydrogen (secondary N) is 1. The van der Waals surface area contributed by atoms with Gasteiger partial charge in [0.1, 0.15) is 11.5 Å². The summed E-state index contributed by atoms with van der Waals surface area (Å²) in [6.07, 6.45) is 2.67. The molecule has 0 saturated carbocycles. The van der Waals surface area contributed by atoms with E-state index in [1.165, 1.54) is 32.5 Å². The lowest BCUT2D eigenvalue weighted by atomic mass is 9.84. The van der Waals surface area contributed by atoms with Crippen molar-refractivity contribution in [3.8, 4) is 11.3 Å². The second-order valence-electron chi connectivity index (χ2n) is 6.37. The normalized spacial score (nSPS) is 27.2. The molecular formula is C18H21ClN2O. The smallest absolute Gasteiger partial charge is 0.135 e. The molecule has 116 valence electrons. The maximum atomic E-state index is 6.23. The van der Waals surface area contributed by atoms with E-state index in [2.05, 4.69) is 10.2 Å². The zero-order valence-electron chi connectivity index (χ0n) is 12.6. The molecule has 1 unspecified atom stereocenters. The third-order valence-corrected chi connectivity index (χ3v) is 5.33. The van der Waals surface area contributed by atoms with E-state index >= 15 is 0 Å². The van der Waals surface area contributed by atoms with Gasteiger partial charge in [-0.2, -0.15) is 0 Å². The Morgan fingerprint density at radius 2 is 1.95 bits per heavy atom. The van der Waals surface area contributed by atoms with Gasteiger partial charge in [-0.3, -0.25) is 0 Å². The third-order valence-electron chi connectivity index (χ3n) is 5.00. The molecule has 4 heteroatoms. The molecule has 2 aromatic rings. The summed E-state index contributed by atoms with van der Waals surface area (Å²) >= 11 is 6.23. The highest BCUT2D eigenvalue weighted by Crippen LogP contribution is 2.30. The Hall–Kier alpha value is -1.29.